The van der Waals surface area contributed by atoms with Crippen molar-refractivity contribution in [2.75, 3.05) is 13.2 Å². The van der Waals surface area contributed by atoms with Crippen molar-refractivity contribution in [1.29, 1.82) is 0 Å². The van der Waals surface area contributed by atoms with Crippen molar-refractivity contribution in [1.82, 2.24) is 0 Å². The van der Waals surface area contributed by atoms with Gasteiger partial charge in [-0.15, -0.1) is 0 Å². The van der Waals surface area contributed by atoms with Gasteiger partial charge in [-0.2, -0.15) is 0 Å². The third-order valence-corrected chi connectivity index (χ3v) is 4.31. The van der Waals surface area contributed by atoms with E-state index < -0.39 is 0 Å². The first-order valence-corrected chi connectivity index (χ1v) is 8.67. The van der Waals surface area contributed by atoms with E-state index in [1.54, 1.807) is 24.3 Å². The van der Waals surface area contributed by atoms with Crippen LogP contribution in [0.25, 0.3) is 11.1 Å². The summed E-state index contributed by atoms with van der Waals surface area (Å²) in [6.07, 6.45) is 6.65. The monoisotopic (exact) mass is 328 g/mol. The van der Waals surface area contributed by atoms with Gasteiger partial charge in [-0.25, -0.2) is 0 Å². The Morgan fingerprint density at radius 2 is 1.00 bits per heavy atom. The van der Waals surface area contributed by atoms with E-state index in [-0.39, 0.29) is 11.5 Å². The van der Waals surface area contributed by atoms with Crippen LogP contribution in [-0.2, 0) is 0 Å². The van der Waals surface area contributed by atoms with Gasteiger partial charge in [0.05, 0.1) is 24.3 Å². The number of aromatic hydroxyl groups is 2. The Bertz CT molecular complexity index is 622. The Balaban J connectivity index is 2.04. The van der Waals surface area contributed by atoms with Crippen LogP contribution in [-0.4, -0.2) is 23.4 Å². The lowest BCUT2D eigenvalue weighted by Gasteiger charge is -2.18. The fraction of sp³-hybridized carbons (Fsp3) is 0.400. The van der Waals surface area contributed by atoms with Gasteiger partial charge in [-0.1, -0.05) is 37.8 Å². The van der Waals surface area contributed by atoms with Crippen molar-refractivity contribution in [2.24, 2.45) is 0 Å². The summed E-state index contributed by atoms with van der Waals surface area (Å²) in [5, 5.41) is 20.8. The maximum absolute atomic E-state index is 10.4. The number of benzene rings is 2. The van der Waals surface area contributed by atoms with Gasteiger partial charge >= 0.3 is 0 Å². The van der Waals surface area contributed by atoms with Crippen molar-refractivity contribution in [3.05, 3.63) is 36.4 Å². The maximum Gasteiger partial charge on any atom is 0.131 e. The molecule has 0 saturated heterocycles. The molecule has 0 spiro atoms. The predicted octanol–water partition coefficient (Wildman–Crippen LogP) is 4.88. The highest BCUT2D eigenvalue weighted by Crippen LogP contribution is 2.46. The molecule has 1 aliphatic rings. The van der Waals surface area contributed by atoms with Crippen molar-refractivity contribution >= 4 is 0 Å². The van der Waals surface area contributed by atoms with E-state index in [0.717, 1.165) is 25.7 Å². The lowest BCUT2D eigenvalue weighted by Crippen LogP contribution is -2.03. The predicted molar refractivity (Wildman–Crippen MR) is 93.9 cm³/mol. The zero-order valence-corrected chi connectivity index (χ0v) is 13.8. The summed E-state index contributed by atoms with van der Waals surface area (Å²) in [6.45, 7) is 1.19. The van der Waals surface area contributed by atoms with E-state index in [1.807, 2.05) is 12.1 Å². The van der Waals surface area contributed by atoms with Crippen LogP contribution >= 0.6 is 0 Å². The van der Waals surface area contributed by atoms with E-state index in [1.165, 1.54) is 12.8 Å². The second-order valence-corrected chi connectivity index (χ2v) is 6.12. The van der Waals surface area contributed by atoms with Crippen molar-refractivity contribution in [3.8, 4) is 34.1 Å². The smallest absolute Gasteiger partial charge is 0.131 e. The molecule has 0 bridgehead atoms. The number of phenolic OH excluding ortho intramolecular Hbond substituents is 2. The molecule has 0 fully saturated rings. The zero-order chi connectivity index (χ0) is 16.8. The molecule has 0 amide bonds. The quantitative estimate of drug-likeness (QED) is 0.724. The first kappa shape index (κ1) is 16.5. The minimum atomic E-state index is 0.0749. The number of fused-ring (bicyclic) bond motifs is 3. The normalized spacial score (nSPS) is 16.0. The van der Waals surface area contributed by atoms with Gasteiger partial charge in [0.15, 0.2) is 0 Å². The van der Waals surface area contributed by atoms with Crippen LogP contribution in [0.4, 0.5) is 0 Å². The Labute approximate surface area is 142 Å². The summed E-state index contributed by atoms with van der Waals surface area (Å²) < 4.78 is 11.8. The Morgan fingerprint density at radius 1 is 0.583 bits per heavy atom. The molecule has 4 heteroatoms. The minimum Gasteiger partial charge on any atom is -0.507 e. The fourth-order valence-electron chi connectivity index (χ4n) is 3.06. The van der Waals surface area contributed by atoms with E-state index in [0.29, 0.717) is 35.8 Å². The Kier molecular flexibility index (Phi) is 5.47. The number of rotatable bonds is 0. The van der Waals surface area contributed by atoms with Crippen LogP contribution in [0.3, 0.4) is 0 Å². The molecule has 0 atom stereocenters. The van der Waals surface area contributed by atoms with Crippen molar-refractivity contribution in [2.45, 2.75) is 38.5 Å². The average molecular weight is 328 g/mol. The summed E-state index contributed by atoms with van der Waals surface area (Å²) in [5.74, 6) is 1.29. The second-order valence-electron chi connectivity index (χ2n) is 6.12. The molecule has 2 N–H and O–H groups in total. The van der Waals surface area contributed by atoms with Gasteiger partial charge < -0.3 is 19.7 Å². The summed E-state index contributed by atoms with van der Waals surface area (Å²) in [7, 11) is 0. The van der Waals surface area contributed by atoms with Gasteiger partial charge in [0.1, 0.15) is 23.0 Å². The molecule has 0 aliphatic carbocycles. The Hall–Kier alpha value is -2.36. The first-order chi connectivity index (χ1) is 11.8. The van der Waals surface area contributed by atoms with Gasteiger partial charge in [-0.3, -0.25) is 0 Å². The highest BCUT2D eigenvalue weighted by atomic mass is 16.5. The molecule has 0 radical (unpaired) electrons. The van der Waals surface area contributed by atoms with E-state index in [9.17, 15) is 10.2 Å². The van der Waals surface area contributed by atoms with Crippen LogP contribution < -0.4 is 9.47 Å². The van der Waals surface area contributed by atoms with Crippen molar-refractivity contribution in [3.63, 3.8) is 0 Å². The molecule has 1 aliphatic heterocycles. The van der Waals surface area contributed by atoms with Crippen LogP contribution in [0.5, 0.6) is 23.0 Å². The molecule has 2 aromatic rings. The average Bonchev–Trinajstić information content (AvgIpc) is 2.57. The van der Waals surface area contributed by atoms with Gasteiger partial charge in [0.2, 0.25) is 0 Å². The molecule has 3 rings (SSSR count). The van der Waals surface area contributed by atoms with Crippen LogP contribution in [0.15, 0.2) is 36.4 Å². The first-order valence-electron chi connectivity index (χ1n) is 8.67. The maximum atomic E-state index is 10.4. The summed E-state index contributed by atoms with van der Waals surface area (Å²) in [6, 6.07) is 10.3. The molecule has 0 aromatic heterocycles. The third-order valence-electron chi connectivity index (χ3n) is 4.31. The van der Waals surface area contributed by atoms with E-state index in [4.69, 9.17) is 9.47 Å². The van der Waals surface area contributed by atoms with Crippen molar-refractivity contribution < 1.29 is 19.7 Å². The lowest BCUT2D eigenvalue weighted by atomic mass is 10.0. The zero-order valence-electron chi connectivity index (χ0n) is 13.8. The minimum absolute atomic E-state index is 0.0749. The molecular weight excluding hydrogens is 304 g/mol. The topological polar surface area (TPSA) is 58.9 Å². The summed E-state index contributed by atoms with van der Waals surface area (Å²) >= 11 is 0. The second kappa shape index (κ2) is 7.95. The molecular formula is C20H24O4. The van der Waals surface area contributed by atoms with Gasteiger partial charge in [0.25, 0.3) is 0 Å². The fourth-order valence-corrected chi connectivity index (χ4v) is 3.06. The van der Waals surface area contributed by atoms with Gasteiger partial charge in [0, 0.05) is 0 Å². The highest BCUT2D eigenvalue weighted by molar-refractivity contribution is 5.85. The standard InChI is InChI=1S/C20H24O4/c21-15-9-7-11-17-19(15)20-16(22)10-8-12-18(20)24-14-6-4-2-1-3-5-13-23-17/h7-12,21-22H,1-6,13-14H2. The SMILES string of the molecule is Oc1cccc2c1-c1c(O)cccc1OCCCCCCCCO2. The van der Waals surface area contributed by atoms with Crippen LogP contribution in [0.1, 0.15) is 38.5 Å². The number of phenols is 2. The van der Waals surface area contributed by atoms with Gasteiger partial charge in [-0.05, 0) is 37.1 Å². The molecule has 1 heterocycles. The van der Waals surface area contributed by atoms with Crippen LogP contribution in [0.2, 0.25) is 0 Å². The van der Waals surface area contributed by atoms with Crippen LogP contribution in [0, 0.1) is 0 Å². The Morgan fingerprint density at radius 3 is 1.46 bits per heavy atom. The number of hydrogen-bond donors (Lipinski definition) is 2. The summed E-state index contributed by atoms with van der Waals surface area (Å²) in [4.78, 5) is 0. The third kappa shape index (κ3) is 3.75. The largest absolute Gasteiger partial charge is 0.507 e. The molecule has 24 heavy (non-hydrogen) atoms. The summed E-state index contributed by atoms with van der Waals surface area (Å²) in [5.41, 5.74) is 0.977. The molecule has 0 unspecified atom stereocenters. The van der Waals surface area contributed by atoms with E-state index >= 15 is 0 Å². The number of ether oxygens (including phenoxy) is 2. The molecule has 0 saturated carbocycles. The molecule has 2 aromatic carbocycles. The number of hydrogen-bond acceptors (Lipinski definition) is 4. The highest BCUT2D eigenvalue weighted by Gasteiger charge is 2.20. The lowest BCUT2D eigenvalue weighted by molar-refractivity contribution is 0.292. The van der Waals surface area contributed by atoms with E-state index in [2.05, 4.69) is 0 Å². The molecule has 128 valence electrons. The molecule has 4 nitrogen and oxygen atoms in total.